The van der Waals surface area contributed by atoms with Crippen molar-refractivity contribution in [2.24, 2.45) is 11.8 Å². The van der Waals surface area contributed by atoms with Gasteiger partial charge in [-0.2, -0.15) is 0 Å². The average Bonchev–Trinajstić information content (AvgIpc) is 2.78. The summed E-state index contributed by atoms with van der Waals surface area (Å²) in [6.45, 7) is 8.13. The van der Waals surface area contributed by atoms with Crippen LogP contribution in [0.25, 0.3) is 10.1 Å². The molecule has 0 aliphatic carbocycles. The molecule has 1 heterocycles. The first-order valence-corrected chi connectivity index (χ1v) is 7.76. The van der Waals surface area contributed by atoms with Gasteiger partial charge in [0, 0.05) is 11.2 Å². The van der Waals surface area contributed by atoms with E-state index in [1.54, 1.807) is 0 Å². The fourth-order valence-corrected chi connectivity index (χ4v) is 3.17. The van der Waals surface area contributed by atoms with E-state index in [2.05, 4.69) is 26.1 Å². The van der Waals surface area contributed by atoms with Crippen molar-refractivity contribution in [1.82, 2.24) is 5.32 Å². The second-order valence-corrected chi connectivity index (χ2v) is 6.62. The molecule has 2 rings (SSSR count). The van der Waals surface area contributed by atoms with Crippen LogP contribution in [0.15, 0.2) is 24.3 Å². The molecule has 1 atom stereocenters. The highest BCUT2D eigenvalue weighted by atomic mass is 32.1. The molecule has 1 aromatic carbocycles. The van der Waals surface area contributed by atoms with Crippen molar-refractivity contribution >= 4 is 27.4 Å². The number of carbonyl (C=O) groups is 1. The van der Waals surface area contributed by atoms with Crippen LogP contribution in [0.5, 0.6) is 0 Å². The summed E-state index contributed by atoms with van der Waals surface area (Å²) in [6.07, 6.45) is 0. The zero-order valence-electron chi connectivity index (χ0n) is 12.1. The zero-order chi connectivity index (χ0) is 14.7. The van der Waals surface area contributed by atoms with Crippen LogP contribution >= 0.6 is 11.3 Å². The Labute approximate surface area is 123 Å². The highest BCUT2D eigenvalue weighted by molar-refractivity contribution is 7.21. The number of benzene rings is 1. The molecule has 1 aromatic heterocycles. The minimum Gasteiger partial charge on any atom is -0.477 e. The first-order valence-electron chi connectivity index (χ1n) is 6.95. The van der Waals surface area contributed by atoms with Gasteiger partial charge < -0.3 is 10.4 Å². The van der Waals surface area contributed by atoms with Crippen LogP contribution in [-0.2, 0) is 6.54 Å². The lowest BCUT2D eigenvalue weighted by Crippen LogP contribution is -2.24. The first kappa shape index (κ1) is 15.0. The van der Waals surface area contributed by atoms with Gasteiger partial charge in [0.25, 0.3) is 0 Å². The number of fused-ring (bicyclic) bond motifs is 1. The fraction of sp³-hybridized carbons (Fsp3) is 0.438. The van der Waals surface area contributed by atoms with Crippen LogP contribution in [-0.4, -0.2) is 17.6 Å². The fourth-order valence-electron chi connectivity index (χ4n) is 2.11. The Morgan fingerprint density at radius 1 is 1.30 bits per heavy atom. The van der Waals surface area contributed by atoms with E-state index in [9.17, 15) is 9.90 Å². The zero-order valence-corrected chi connectivity index (χ0v) is 13.0. The van der Waals surface area contributed by atoms with Crippen molar-refractivity contribution in [3.05, 3.63) is 34.7 Å². The quantitative estimate of drug-likeness (QED) is 0.846. The second-order valence-electron chi connectivity index (χ2n) is 5.56. The Hall–Kier alpha value is -1.39. The third kappa shape index (κ3) is 3.19. The van der Waals surface area contributed by atoms with Crippen LogP contribution in [0.1, 0.15) is 36.0 Å². The summed E-state index contributed by atoms with van der Waals surface area (Å²) in [7, 11) is 0. The molecule has 0 radical (unpaired) electrons. The number of hydrogen-bond acceptors (Lipinski definition) is 3. The van der Waals surface area contributed by atoms with Crippen molar-refractivity contribution in [3.8, 4) is 0 Å². The number of carboxylic acid groups (broad SMARTS) is 1. The lowest BCUT2D eigenvalue weighted by atomic mass is 9.98. The summed E-state index contributed by atoms with van der Waals surface area (Å²) < 4.78 is 1.04. The van der Waals surface area contributed by atoms with Gasteiger partial charge in [0.05, 0.1) is 0 Å². The monoisotopic (exact) mass is 291 g/mol. The van der Waals surface area contributed by atoms with Gasteiger partial charge in [-0.15, -0.1) is 11.3 Å². The number of aromatic carboxylic acids is 1. The highest BCUT2D eigenvalue weighted by Crippen LogP contribution is 2.31. The van der Waals surface area contributed by atoms with Gasteiger partial charge in [-0.3, -0.25) is 0 Å². The van der Waals surface area contributed by atoms with Crippen molar-refractivity contribution in [2.45, 2.75) is 27.3 Å². The number of hydrogen-bond donors (Lipinski definition) is 2. The molecule has 20 heavy (non-hydrogen) atoms. The van der Waals surface area contributed by atoms with E-state index in [0.717, 1.165) is 22.2 Å². The molecule has 2 aromatic rings. The van der Waals surface area contributed by atoms with Crippen LogP contribution in [0.2, 0.25) is 0 Å². The SMILES string of the molecule is CC(C)C(C)CNCc1c(C(=O)O)sc2ccccc12. The maximum atomic E-state index is 11.4. The van der Waals surface area contributed by atoms with E-state index in [1.807, 2.05) is 24.3 Å². The molecule has 0 saturated heterocycles. The standard InChI is InChI=1S/C16H21NO2S/c1-10(2)11(3)8-17-9-13-12-6-4-5-7-14(12)20-15(13)16(18)19/h4-7,10-11,17H,8-9H2,1-3H3,(H,18,19). The van der Waals surface area contributed by atoms with Gasteiger partial charge in [-0.05, 0) is 35.4 Å². The largest absolute Gasteiger partial charge is 0.477 e. The summed E-state index contributed by atoms with van der Waals surface area (Å²) in [5.74, 6) is 0.369. The lowest BCUT2D eigenvalue weighted by molar-refractivity contribution is 0.0701. The van der Waals surface area contributed by atoms with Crippen LogP contribution in [0, 0.1) is 11.8 Å². The molecular weight excluding hydrogens is 270 g/mol. The van der Waals surface area contributed by atoms with Gasteiger partial charge >= 0.3 is 5.97 Å². The van der Waals surface area contributed by atoms with Crippen molar-refractivity contribution in [1.29, 1.82) is 0 Å². The van der Waals surface area contributed by atoms with Crippen molar-refractivity contribution < 1.29 is 9.90 Å². The molecule has 2 N–H and O–H groups in total. The van der Waals surface area contributed by atoms with E-state index in [0.29, 0.717) is 23.3 Å². The summed E-state index contributed by atoms with van der Waals surface area (Å²) >= 11 is 1.36. The molecule has 0 fully saturated rings. The second kappa shape index (κ2) is 6.37. The predicted octanol–water partition coefficient (Wildman–Crippen LogP) is 3.98. The van der Waals surface area contributed by atoms with E-state index in [-0.39, 0.29) is 0 Å². The smallest absolute Gasteiger partial charge is 0.346 e. The van der Waals surface area contributed by atoms with Gasteiger partial charge in [0.2, 0.25) is 0 Å². The third-order valence-electron chi connectivity index (χ3n) is 3.80. The minimum atomic E-state index is -0.833. The average molecular weight is 291 g/mol. The number of carboxylic acids is 1. The molecule has 3 nitrogen and oxygen atoms in total. The van der Waals surface area contributed by atoms with Crippen molar-refractivity contribution in [2.75, 3.05) is 6.54 Å². The topological polar surface area (TPSA) is 49.3 Å². The van der Waals surface area contributed by atoms with E-state index < -0.39 is 5.97 Å². The van der Waals surface area contributed by atoms with Gasteiger partial charge in [-0.1, -0.05) is 39.0 Å². The Morgan fingerprint density at radius 3 is 2.65 bits per heavy atom. The van der Waals surface area contributed by atoms with E-state index >= 15 is 0 Å². The minimum absolute atomic E-state index is 0.455. The maximum absolute atomic E-state index is 11.4. The number of nitrogens with one attached hydrogen (secondary N) is 1. The molecular formula is C16H21NO2S. The molecule has 1 unspecified atom stereocenters. The van der Waals surface area contributed by atoms with Gasteiger partial charge in [-0.25, -0.2) is 4.79 Å². The Morgan fingerprint density at radius 2 is 2.00 bits per heavy atom. The highest BCUT2D eigenvalue weighted by Gasteiger charge is 2.17. The molecule has 0 amide bonds. The van der Waals surface area contributed by atoms with Crippen LogP contribution < -0.4 is 5.32 Å². The van der Waals surface area contributed by atoms with Crippen LogP contribution in [0.3, 0.4) is 0 Å². The van der Waals surface area contributed by atoms with Crippen molar-refractivity contribution in [3.63, 3.8) is 0 Å². The Kier molecular flexibility index (Phi) is 4.78. The van der Waals surface area contributed by atoms with Gasteiger partial charge in [0.15, 0.2) is 0 Å². The maximum Gasteiger partial charge on any atom is 0.346 e. The molecule has 0 aliphatic heterocycles. The van der Waals surface area contributed by atoms with E-state index in [4.69, 9.17) is 0 Å². The summed E-state index contributed by atoms with van der Waals surface area (Å²) in [5, 5.41) is 13.8. The molecule has 108 valence electrons. The third-order valence-corrected chi connectivity index (χ3v) is 5.00. The molecule has 0 saturated carbocycles. The number of thiophene rings is 1. The summed E-state index contributed by atoms with van der Waals surface area (Å²) in [6, 6.07) is 7.89. The molecule has 0 spiro atoms. The Bertz CT molecular complexity index is 604. The predicted molar refractivity (Wildman–Crippen MR) is 84.5 cm³/mol. The molecule has 0 aliphatic rings. The van der Waals surface area contributed by atoms with Crippen LogP contribution in [0.4, 0.5) is 0 Å². The normalized spacial score (nSPS) is 13.0. The summed E-state index contributed by atoms with van der Waals surface area (Å²) in [5.41, 5.74) is 0.911. The molecule has 4 heteroatoms. The summed E-state index contributed by atoms with van der Waals surface area (Å²) in [4.78, 5) is 11.8. The molecule has 0 bridgehead atoms. The Balaban J connectivity index is 2.19. The number of rotatable bonds is 6. The first-order chi connectivity index (χ1) is 9.50. The van der Waals surface area contributed by atoms with E-state index in [1.165, 1.54) is 11.3 Å². The lowest BCUT2D eigenvalue weighted by Gasteiger charge is -2.16. The van der Waals surface area contributed by atoms with Gasteiger partial charge in [0.1, 0.15) is 4.88 Å².